The molecule has 0 aromatic heterocycles. The van der Waals surface area contributed by atoms with Gasteiger partial charge in [0.05, 0.1) is 0 Å². The van der Waals surface area contributed by atoms with Crippen LogP contribution < -0.4 is 10.6 Å². The SMILES string of the molecule is CSCCC(NC(=O)c1cccc(C)c1)C(=O)NCc1cccc(C(=O)N2CCCC2)c1. The van der Waals surface area contributed by atoms with Crippen LogP contribution in [0, 0.1) is 6.92 Å². The summed E-state index contributed by atoms with van der Waals surface area (Å²) in [6.45, 7) is 3.84. The normalized spacial score (nSPS) is 14.1. The molecule has 2 N–H and O–H groups in total. The van der Waals surface area contributed by atoms with Gasteiger partial charge in [-0.25, -0.2) is 0 Å². The van der Waals surface area contributed by atoms with E-state index in [-0.39, 0.29) is 17.7 Å². The fraction of sp³-hybridized carbons (Fsp3) is 0.400. The molecular formula is C25H31N3O3S. The molecule has 0 aliphatic carbocycles. The maximum atomic E-state index is 12.9. The maximum Gasteiger partial charge on any atom is 0.253 e. The van der Waals surface area contributed by atoms with E-state index in [9.17, 15) is 14.4 Å². The molecule has 170 valence electrons. The maximum absolute atomic E-state index is 12.9. The van der Waals surface area contributed by atoms with Gasteiger partial charge in [0.1, 0.15) is 6.04 Å². The standard InChI is InChI=1S/C25H31N3O3S/c1-18-7-5-9-20(15-18)23(29)27-22(11-14-32-2)24(30)26-17-19-8-6-10-21(16-19)25(31)28-12-3-4-13-28/h5-10,15-16,22H,3-4,11-14,17H2,1-2H3,(H,26,30)(H,27,29). The van der Waals surface area contributed by atoms with E-state index in [4.69, 9.17) is 0 Å². The molecule has 0 radical (unpaired) electrons. The highest BCUT2D eigenvalue weighted by Crippen LogP contribution is 2.14. The van der Waals surface area contributed by atoms with E-state index in [2.05, 4.69) is 10.6 Å². The number of aryl methyl sites for hydroxylation is 1. The van der Waals surface area contributed by atoms with Crippen molar-refractivity contribution in [2.75, 3.05) is 25.1 Å². The Bertz CT molecular complexity index is 957. The van der Waals surface area contributed by atoms with Gasteiger partial charge in [0.25, 0.3) is 11.8 Å². The van der Waals surface area contributed by atoms with Gasteiger partial charge in [0.15, 0.2) is 0 Å². The summed E-state index contributed by atoms with van der Waals surface area (Å²) in [5, 5.41) is 5.80. The van der Waals surface area contributed by atoms with Crippen LogP contribution in [0.3, 0.4) is 0 Å². The van der Waals surface area contributed by atoms with Crippen LogP contribution in [0.25, 0.3) is 0 Å². The summed E-state index contributed by atoms with van der Waals surface area (Å²) in [6.07, 6.45) is 4.61. The molecule has 7 heteroatoms. The molecule has 0 saturated carbocycles. The fourth-order valence-electron chi connectivity index (χ4n) is 3.76. The first-order valence-corrected chi connectivity index (χ1v) is 12.4. The zero-order chi connectivity index (χ0) is 22.9. The number of hydrogen-bond donors (Lipinski definition) is 2. The Morgan fingerprint density at radius 1 is 1.03 bits per heavy atom. The van der Waals surface area contributed by atoms with Crippen LogP contribution >= 0.6 is 11.8 Å². The number of hydrogen-bond acceptors (Lipinski definition) is 4. The highest BCUT2D eigenvalue weighted by molar-refractivity contribution is 7.98. The van der Waals surface area contributed by atoms with E-state index in [1.54, 1.807) is 17.8 Å². The minimum atomic E-state index is -0.620. The third-order valence-electron chi connectivity index (χ3n) is 5.55. The number of nitrogens with one attached hydrogen (secondary N) is 2. The summed E-state index contributed by atoms with van der Waals surface area (Å²) in [5.41, 5.74) is 3.04. The van der Waals surface area contributed by atoms with Crippen molar-refractivity contribution in [1.82, 2.24) is 15.5 Å². The van der Waals surface area contributed by atoms with E-state index in [1.807, 2.05) is 60.5 Å². The molecule has 6 nitrogen and oxygen atoms in total. The van der Waals surface area contributed by atoms with E-state index in [0.717, 1.165) is 42.8 Å². The molecular weight excluding hydrogens is 422 g/mol. The van der Waals surface area contributed by atoms with Crippen molar-refractivity contribution in [3.63, 3.8) is 0 Å². The second-order valence-electron chi connectivity index (χ2n) is 8.09. The Kier molecular flexibility index (Phi) is 8.73. The summed E-state index contributed by atoms with van der Waals surface area (Å²) in [7, 11) is 0. The highest BCUT2D eigenvalue weighted by Gasteiger charge is 2.22. The summed E-state index contributed by atoms with van der Waals surface area (Å²) < 4.78 is 0. The van der Waals surface area contributed by atoms with Gasteiger partial charge in [0, 0.05) is 30.8 Å². The molecule has 1 atom stereocenters. The number of likely N-dealkylation sites (tertiary alicyclic amines) is 1. The molecule has 1 unspecified atom stereocenters. The highest BCUT2D eigenvalue weighted by atomic mass is 32.2. The molecule has 1 aliphatic heterocycles. The Labute approximate surface area is 194 Å². The van der Waals surface area contributed by atoms with Crippen molar-refractivity contribution >= 4 is 29.5 Å². The third-order valence-corrected chi connectivity index (χ3v) is 6.19. The molecule has 3 rings (SSSR count). The molecule has 0 bridgehead atoms. The summed E-state index contributed by atoms with van der Waals surface area (Å²) in [6, 6.07) is 14.1. The van der Waals surface area contributed by atoms with Crippen LogP contribution in [-0.2, 0) is 11.3 Å². The molecule has 3 amide bonds. The van der Waals surface area contributed by atoms with Gasteiger partial charge in [-0.15, -0.1) is 0 Å². The van der Waals surface area contributed by atoms with Crippen molar-refractivity contribution in [3.8, 4) is 0 Å². The lowest BCUT2D eigenvalue weighted by Gasteiger charge is -2.19. The predicted octanol–water partition coefficient (Wildman–Crippen LogP) is 3.40. The number of amides is 3. The monoisotopic (exact) mass is 453 g/mol. The topological polar surface area (TPSA) is 78.5 Å². The smallest absolute Gasteiger partial charge is 0.253 e. The first-order chi connectivity index (χ1) is 15.5. The van der Waals surface area contributed by atoms with E-state index in [0.29, 0.717) is 24.1 Å². The number of carbonyl (C=O) groups is 3. The Balaban J connectivity index is 1.61. The third kappa shape index (κ3) is 6.60. The molecule has 1 saturated heterocycles. The van der Waals surface area contributed by atoms with Gasteiger partial charge < -0.3 is 15.5 Å². The summed E-state index contributed by atoms with van der Waals surface area (Å²) in [4.78, 5) is 40.0. The van der Waals surface area contributed by atoms with Crippen molar-refractivity contribution in [3.05, 3.63) is 70.8 Å². The zero-order valence-corrected chi connectivity index (χ0v) is 19.5. The number of rotatable bonds is 9. The predicted molar refractivity (Wildman–Crippen MR) is 129 cm³/mol. The first-order valence-electron chi connectivity index (χ1n) is 11.0. The number of benzene rings is 2. The molecule has 2 aromatic carbocycles. The summed E-state index contributed by atoms with van der Waals surface area (Å²) in [5.74, 6) is 0.315. The largest absolute Gasteiger partial charge is 0.350 e. The molecule has 1 aliphatic rings. The van der Waals surface area contributed by atoms with Crippen LogP contribution in [0.15, 0.2) is 48.5 Å². The minimum Gasteiger partial charge on any atom is -0.350 e. The second-order valence-corrected chi connectivity index (χ2v) is 9.08. The molecule has 2 aromatic rings. The first kappa shape index (κ1) is 23.9. The fourth-order valence-corrected chi connectivity index (χ4v) is 4.23. The van der Waals surface area contributed by atoms with Gasteiger partial charge in [-0.1, -0.05) is 29.8 Å². The lowest BCUT2D eigenvalue weighted by molar-refractivity contribution is -0.123. The van der Waals surface area contributed by atoms with Crippen molar-refractivity contribution < 1.29 is 14.4 Å². The van der Waals surface area contributed by atoms with E-state index < -0.39 is 6.04 Å². The number of carbonyl (C=O) groups excluding carboxylic acids is 3. The molecule has 0 spiro atoms. The minimum absolute atomic E-state index is 0.0407. The average Bonchev–Trinajstić information content (AvgIpc) is 3.34. The van der Waals surface area contributed by atoms with Gasteiger partial charge in [0.2, 0.25) is 5.91 Å². The van der Waals surface area contributed by atoms with Crippen molar-refractivity contribution in [1.29, 1.82) is 0 Å². The van der Waals surface area contributed by atoms with Gasteiger partial charge in [-0.2, -0.15) is 11.8 Å². The van der Waals surface area contributed by atoms with Crippen LogP contribution in [0.4, 0.5) is 0 Å². The van der Waals surface area contributed by atoms with Gasteiger partial charge in [-0.05, 0) is 68.0 Å². The number of thioether (sulfide) groups is 1. The second kappa shape index (κ2) is 11.7. The van der Waals surface area contributed by atoms with E-state index in [1.165, 1.54) is 0 Å². The Morgan fingerprint density at radius 2 is 1.75 bits per heavy atom. The van der Waals surface area contributed by atoms with E-state index >= 15 is 0 Å². The Hall–Kier alpha value is -2.80. The molecule has 1 fully saturated rings. The molecule has 32 heavy (non-hydrogen) atoms. The Morgan fingerprint density at radius 3 is 2.47 bits per heavy atom. The van der Waals surface area contributed by atoms with Crippen LogP contribution in [0.5, 0.6) is 0 Å². The van der Waals surface area contributed by atoms with Gasteiger partial charge in [-0.3, -0.25) is 14.4 Å². The lowest BCUT2D eigenvalue weighted by Crippen LogP contribution is -2.46. The van der Waals surface area contributed by atoms with Crippen molar-refractivity contribution in [2.45, 2.75) is 38.8 Å². The molecule has 1 heterocycles. The lowest BCUT2D eigenvalue weighted by atomic mass is 10.1. The number of nitrogens with zero attached hydrogens (tertiary/aromatic N) is 1. The quantitative estimate of drug-likeness (QED) is 0.610. The average molecular weight is 454 g/mol. The van der Waals surface area contributed by atoms with Crippen LogP contribution in [0.2, 0.25) is 0 Å². The van der Waals surface area contributed by atoms with Crippen LogP contribution in [-0.4, -0.2) is 53.8 Å². The van der Waals surface area contributed by atoms with Gasteiger partial charge >= 0.3 is 0 Å². The zero-order valence-electron chi connectivity index (χ0n) is 18.7. The summed E-state index contributed by atoms with van der Waals surface area (Å²) >= 11 is 1.63. The van der Waals surface area contributed by atoms with Crippen LogP contribution in [0.1, 0.15) is 51.1 Å². The van der Waals surface area contributed by atoms with Crippen molar-refractivity contribution in [2.24, 2.45) is 0 Å².